The molecule has 0 saturated carbocycles. The van der Waals surface area contributed by atoms with Gasteiger partial charge in [0.1, 0.15) is 0 Å². The lowest BCUT2D eigenvalue weighted by Gasteiger charge is -2.10. The lowest BCUT2D eigenvalue weighted by atomic mass is 10.1. The van der Waals surface area contributed by atoms with Crippen LogP contribution in [0.3, 0.4) is 0 Å². The number of aryl methyl sites for hydroxylation is 1. The molecule has 2 heterocycles. The zero-order valence-corrected chi connectivity index (χ0v) is 19.5. The Labute approximate surface area is 204 Å². The van der Waals surface area contributed by atoms with Gasteiger partial charge in [0, 0.05) is 59.9 Å². The number of ether oxygens (including phenoxy) is 1. The SMILES string of the molecule is Cn1cc2c3cc(C(=O)NCCOCCCCN=[N+]=[N-])ccc3n(-c3ccc(C(F)(F)F)cc3)c2n1. The highest BCUT2D eigenvalue weighted by Crippen LogP contribution is 2.34. The van der Waals surface area contributed by atoms with Gasteiger partial charge in [0.25, 0.3) is 5.91 Å². The van der Waals surface area contributed by atoms with Gasteiger partial charge in [-0.3, -0.25) is 14.0 Å². The van der Waals surface area contributed by atoms with Crippen molar-refractivity contribution in [3.8, 4) is 5.69 Å². The van der Waals surface area contributed by atoms with Crippen LogP contribution in [0.4, 0.5) is 13.2 Å². The number of carbonyl (C=O) groups excluding carboxylic acids is 1. The van der Waals surface area contributed by atoms with E-state index in [2.05, 4.69) is 20.4 Å². The van der Waals surface area contributed by atoms with Crippen LogP contribution in [0.1, 0.15) is 28.8 Å². The summed E-state index contributed by atoms with van der Waals surface area (Å²) in [4.78, 5) is 15.4. The molecule has 1 N–H and O–H groups in total. The average molecular weight is 499 g/mol. The van der Waals surface area contributed by atoms with Gasteiger partial charge < -0.3 is 10.1 Å². The maximum atomic E-state index is 13.0. The van der Waals surface area contributed by atoms with E-state index in [-0.39, 0.29) is 5.91 Å². The van der Waals surface area contributed by atoms with Crippen molar-refractivity contribution in [2.75, 3.05) is 26.3 Å². The lowest BCUT2D eigenvalue weighted by Crippen LogP contribution is -2.27. The van der Waals surface area contributed by atoms with E-state index < -0.39 is 11.7 Å². The fourth-order valence-corrected chi connectivity index (χ4v) is 3.97. The van der Waals surface area contributed by atoms with Gasteiger partial charge in [-0.1, -0.05) is 5.11 Å². The number of unbranched alkanes of at least 4 members (excludes halogenated alkanes) is 1. The molecule has 0 unspecified atom stereocenters. The van der Waals surface area contributed by atoms with Crippen molar-refractivity contribution in [2.45, 2.75) is 19.0 Å². The summed E-state index contributed by atoms with van der Waals surface area (Å²) in [6.07, 6.45) is -1.10. The third-order valence-corrected chi connectivity index (χ3v) is 5.66. The number of amides is 1. The molecule has 2 aromatic carbocycles. The van der Waals surface area contributed by atoms with Crippen LogP contribution in [0, 0.1) is 0 Å². The molecule has 0 radical (unpaired) electrons. The zero-order chi connectivity index (χ0) is 25.7. The molecule has 4 aromatic rings. The van der Waals surface area contributed by atoms with Crippen LogP contribution in [0.25, 0.3) is 38.1 Å². The molecule has 1 amide bonds. The molecule has 0 aliphatic rings. The second-order valence-corrected chi connectivity index (χ2v) is 8.18. The van der Waals surface area contributed by atoms with Crippen molar-refractivity contribution in [1.82, 2.24) is 19.7 Å². The molecule has 0 fully saturated rings. The number of hydrogen-bond acceptors (Lipinski definition) is 4. The van der Waals surface area contributed by atoms with Gasteiger partial charge in [-0.25, -0.2) is 0 Å². The van der Waals surface area contributed by atoms with Gasteiger partial charge >= 0.3 is 6.18 Å². The molecule has 36 heavy (non-hydrogen) atoms. The number of hydrogen-bond donors (Lipinski definition) is 1. The van der Waals surface area contributed by atoms with Crippen LogP contribution in [0.15, 0.2) is 53.8 Å². The Balaban J connectivity index is 1.50. The first-order valence-electron chi connectivity index (χ1n) is 11.3. The molecular formula is C24H24F3N7O2. The van der Waals surface area contributed by atoms with Gasteiger partial charge in [-0.2, -0.15) is 18.3 Å². The first kappa shape index (κ1) is 25.1. The third-order valence-electron chi connectivity index (χ3n) is 5.66. The first-order chi connectivity index (χ1) is 17.3. The first-order valence-corrected chi connectivity index (χ1v) is 11.3. The average Bonchev–Trinajstić information content (AvgIpc) is 3.36. The molecule has 2 aromatic heterocycles. The predicted molar refractivity (Wildman–Crippen MR) is 129 cm³/mol. The monoisotopic (exact) mass is 499 g/mol. The minimum absolute atomic E-state index is 0.261. The highest BCUT2D eigenvalue weighted by molar-refractivity contribution is 6.10. The Bertz CT molecular complexity index is 1420. The second-order valence-electron chi connectivity index (χ2n) is 8.18. The van der Waals surface area contributed by atoms with Crippen LogP contribution >= 0.6 is 0 Å². The number of rotatable bonds is 10. The van der Waals surface area contributed by atoms with Crippen molar-refractivity contribution >= 4 is 27.8 Å². The normalized spacial score (nSPS) is 11.7. The van der Waals surface area contributed by atoms with Gasteiger partial charge in [-0.05, 0) is 60.8 Å². The Morgan fingerprint density at radius 1 is 1.14 bits per heavy atom. The molecule has 12 heteroatoms. The van der Waals surface area contributed by atoms with Crippen LogP contribution in [0.2, 0.25) is 0 Å². The largest absolute Gasteiger partial charge is 0.416 e. The van der Waals surface area contributed by atoms with Crippen LogP contribution in [-0.2, 0) is 18.0 Å². The Morgan fingerprint density at radius 2 is 1.92 bits per heavy atom. The molecule has 4 rings (SSSR count). The zero-order valence-electron chi connectivity index (χ0n) is 19.5. The highest BCUT2D eigenvalue weighted by Gasteiger charge is 2.30. The third kappa shape index (κ3) is 5.45. The topological polar surface area (TPSA) is 110 Å². The molecule has 0 aliphatic heterocycles. The minimum atomic E-state index is -4.42. The number of nitrogens with one attached hydrogen (secondary N) is 1. The van der Waals surface area contributed by atoms with Gasteiger partial charge in [0.15, 0.2) is 5.65 Å². The minimum Gasteiger partial charge on any atom is -0.380 e. The summed E-state index contributed by atoms with van der Waals surface area (Å²) in [5.41, 5.74) is 9.81. The summed E-state index contributed by atoms with van der Waals surface area (Å²) in [7, 11) is 1.76. The van der Waals surface area contributed by atoms with Crippen molar-refractivity contribution < 1.29 is 22.7 Å². The maximum Gasteiger partial charge on any atom is 0.416 e. The molecule has 188 valence electrons. The van der Waals surface area contributed by atoms with E-state index in [0.29, 0.717) is 43.2 Å². The second kappa shape index (κ2) is 10.7. The van der Waals surface area contributed by atoms with Crippen molar-refractivity contribution in [1.29, 1.82) is 0 Å². The number of azide groups is 1. The van der Waals surface area contributed by atoms with E-state index in [1.807, 2.05) is 6.20 Å². The van der Waals surface area contributed by atoms with Gasteiger partial charge in [0.05, 0.1) is 17.7 Å². The number of alkyl halides is 3. The number of halogens is 3. The fourth-order valence-electron chi connectivity index (χ4n) is 3.97. The van der Waals surface area contributed by atoms with Crippen molar-refractivity contribution in [2.24, 2.45) is 12.2 Å². The predicted octanol–water partition coefficient (Wildman–Crippen LogP) is 5.37. The number of carbonyl (C=O) groups is 1. The van der Waals surface area contributed by atoms with E-state index in [1.54, 1.807) is 34.5 Å². The summed E-state index contributed by atoms with van der Waals surface area (Å²) in [5, 5.41) is 12.3. The van der Waals surface area contributed by atoms with Gasteiger partial charge in [0.2, 0.25) is 0 Å². The molecule has 0 aliphatic carbocycles. The maximum absolute atomic E-state index is 13.0. The molecule has 0 saturated heterocycles. The van der Waals surface area contributed by atoms with Crippen LogP contribution < -0.4 is 5.32 Å². The lowest BCUT2D eigenvalue weighted by molar-refractivity contribution is -0.137. The van der Waals surface area contributed by atoms with E-state index in [4.69, 9.17) is 10.3 Å². The standard InChI is InChI=1S/C24H24F3N7O2/c1-33-15-20-19-14-16(23(35)29-11-13-36-12-3-2-10-30-32-28)4-9-21(19)34(22(20)31-33)18-7-5-17(6-8-18)24(25,26)27/h4-9,14-15H,2-3,10-13H2,1H3,(H,29,35). The van der Waals surface area contributed by atoms with Crippen molar-refractivity contribution in [3.63, 3.8) is 0 Å². The number of fused-ring (bicyclic) bond motifs is 3. The summed E-state index contributed by atoms with van der Waals surface area (Å²) in [5.74, 6) is -0.261. The fraction of sp³-hybridized carbons (Fsp3) is 0.333. The number of nitrogens with zero attached hydrogens (tertiary/aromatic N) is 6. The Morgan fingerprint density at radius 3 is 2.64 bits per heavy atom. The number of aromatic nitrogens is 3. The van der Waals surface area contributed by atoms with E-state index in [9.17, 15) is 18.0 Å². The Hall–Kier alpha value is -4.02. The number of benzene rings is 2. The molecule has 0 spiro atoms. The van der Waals surface area contributed by atoms with E-state index >= 15 is 0 Å². The summed E-state index contributed by atoms with van der Waals surface area (Å²) in [6.45, 7) is 1.64. The molecule has 0 atom stereocenters. The van der Waals surface area contributed by atoms with Crippen LogP contribution in [0.5, 0.6) is 0 Å². The molecule has 0 bridgehead atoms. The molecule has 9 nitrogen and oxygen atoms in total. The summed E-state index contributed by atoms with van der Waals surface area (Å²) < 4.78 is 47.9. The summed E-state index contributed by atoms with van der Waals surface area (Å²) >= 11 is 0. The van der Waals surface area contributed by atoms with Crippen LogP contribution in [-0.4, -0.2) is 46.6 Å². The quantitative estimate of drug-likeness (QED) is 0.137. The summed E-state index contributed by atoms with van der Waals surface area (Å²) in [6, 6.07) is 10.1. The highest BCUT2D eigenvalue weighted by atomic mass is 19.4. The molecular weight excluding hydrogens is 475 g/mol. The van der Waals surface area contributed by atoms with E-state index in [0.717, 1.165) is 41.3 Å². The Kier molecular flexibility index (Phi) is 7.47. The van der Waals surface area contributed by atoms with Gasteiger partial charge in [-0.15, -0.1) is 0 Å². The smallest absolute Gasteiger partial charge is 0.380 e. The van der Waals surface area contributed by atoms with Crippen molar-refractivity contribution in [3.05, 3.63) is 70.2 Å². The van der Waals surface area contributed by atoms with E-state index in [1.165, 1.54) is 12.1 Å².